The first kappa shape index (κ1) is 30.9. The quantitative estimate of drug-likeness (QED) is 0.144. The van der Waals surface area contributed by atoms with Gasteiger partial charge in [0.05, 0.1) is 54.2 Å². The molecule has 0 saturated carbocycles. The first-order chi connectivity index (χ1) is 23.4. The first-order valence-corrected chi connectivity index (χ1v) is 16.1. The van der Waals surface area contributed by atoms with Crippen molar-refractivity contribution in [3.63, 3.8) is 0 Å². The van der Waals surface area contributed by atoms with Gasteiger partial charge in [-0.15, -0.1) is 0 Å². The largest absolute Gasteiger partial charge is 0.493 e. The number of nitrogens with zero attached hydrogens (tertiary/aromatic N) is 3. The number of allylic oxidation sites excluding steroid dienone is 1. The summed E-state index contributed by atoms with van der Waals surface area (Å²) in [6.07, 6.45) is 3.06. The van der Waals surface area contributed by atoms with Crippen LogP contribution < -0.4 is 33.8 Å². The molecule has 5 aromatic rings. The number of benzene rings is 4. The van der Waals surface area contributed by atoms with Crippen molar-refractivity contribution < 1.29 is 23.9 Å². The number of nitro benzene ring substituents is 1. The van der Waals surface area contributed by atoms with Gasteiger partial charge >= 0.3 is 0 Å². The fourth-order valence-corrected chi connectivity index (χ4v) is 7.32. The summed E-state index contributed by atoms with van der Waals surface area (Å²) in [4.78, 5) is 31.7. The summed E-state index contributed by atoms with van der Waals surface area (Å²) >= 11 is 1.19. The second-order valence-electron chi connectivity index (χ2n) is 11.3. The maximum atomic E-state index is 14.3. The Morgan fingerprint density at radius 2 is 1.62 bits per heavy atom. The number of ether oxygens (including phenoxy) is 4. The van der Waals surface area contributed by atoms with Crippen molar-refractivity contribution in [2.24, 2.45) is 4.99 Å². The summed E-state index contributed by atoms with van der Waals surface area (Å²) in [5.41, 5.74) is 5.54. The SMILES string of the molecule is COc1ccc([C@@H]2C3=C(N=c4s/c(=C\c5cc(OC)c(OCc6ccccc6)cc5[N+](=O)[O-])c(=O)n42)c2ccccc2CC3)cc1OC. The number of methoxy groups -OCH3 is 3. The summed E-state index contributed by atoms with van der Waals surface area (Å²) in [5.74, 6) is 1.66. The molecule has 0 amide bonds. The van der Waals surface area contributed by atoms with Gasteiger partial charge in [-0.25, -0.2) is 4.99 Å². The molecule has 11 heteroatoms. The highest BCUT2D eigenvalue weighted by Gasteiger charge is 2.33. The molecular formula is C37H31N3O7S. The maximum Gasteiger partial charge on any atom is 0.280 e. The van der Waals surface area contributed by atoms with Gasteiger partial charge < -0.3 is 18.9 Å². The van der Waals surface area contributed by atoms with Crippen molar-refractivity contribution in [2.45, 2.75) is 25.5 Å². The standard InChI is InChI=1S/C37H31N3O7S/c1-44-29-16-14-24(17-30(29)45-2)35-27-15-13-23-11-7-8-12-26(23)34(27)38-37-39(35)36(41)33(48-37)19-25-18-31(46-3)32(20-28(25)40(42)43)47-21-22-9-5-4-6-10-22/h4-12,14,16-20,35H,13,15,21H2,1-3H3/b33-19-/t35-/m1/s1. The van der Waals surface area contributed by atoms with E-state index in [0.717, 1.165) is 34.4 Å². The molecule has 10 nitrogen and oxygen atoms in total. The summed E-state index contributed by atoms with van der Waals surface area (Å²) in [5, 5.41) is 12.3. The lowest BCUT2D eigenvalue weighted by Crippen LogP contribution is -2.38. The van der Waals surface area contributed by atoms with Gasteiger partial charge in [0.2, 0.25) is 0 Å². The summed E-state index contributed by atoms with van der Waals surface area (Å²) in [7, 11) is 4.63. The Labute approximate surface area is 279 Å². The number of fused-ring (bicyclic) bond motifs is 3. The van der Waals surface area contributed by atoms with E-state index >= 15 is 0 Å². The summed E-state index contributed by atoms with van der Waals surface area (Å²) in [6, 6.07) is 25.7. The van der Waals surface area contributed by atoms with E-state index in [0.29, 0.717) is 33.0 Å². The Hall–Kier alpha value is -5.68. The Kier molecular flexibility index (Phi) is 8.28. The Morgan fingerprint density at radius 3 is 2.38 bits per heavy atom. The van der Waals surface area contributed by atoms with Crippen molar-refractivity contribution in [1.82, 2.24) is 4.57 Å². The van der Waals surface area contributed by atoms with Crippen LogP contribution in [-0.2, 0) is 13.0 Å². The highest BCUT2D eigenvalue weighted by molar-refractivity contribution is 7.07. The normalized spacial score (nSPS) is 15.1. The van der Waals surface area contributed by atoms with E-state index in [1.807, 2.05) is 60.7 Å². The molecule has 0 bridgehead atoms. The minimum absolute atomic E-state index is 0.205. The number of thiazole rings is 1. The second kappa shape index (κ2) is 12.8. The minimum Gasteiger partial charge on any atom is -0.493 e. The molecular weight excluding hydrogens is 630 g/mol. The molecule has 1 aliphatic carbocycles. The van der Waals surface area contributed by atoms with Crippen LogP contribution in [0.15, 0.2) is 100 Å². The minimum atomic E-state index is -0.486. The molecule has 7 rings (SSSR count). The number of aromatic nitrogens is 1. The molecule has 0 fully saturated rings. The van der Waals surface area contributed by atoms with Crippen molar-refractivity contribution in [3.05, 3.63) is 148 Å². The van der Waals surface area contributed by atoms with Crippen LogP contribution in [0, 0.1) is 10.1 Å². The summed E-state index contributed by atoms with van der Waals surface area (Å²) in [6.45, 7) is 0.205. The first-order valence-electron chi connectivity index (χ1n) is 15.3. The lowest BCUT2D eigenvalue weighted by atomic mass is 9.83. The van der Waals surface area contributed by atoms with Crippen LogP contribution in [0.2, 0.25) is 0 Å². The number of hydrogen-bond donors (Lipinski definition) is 0. The number of nitro groups is 1. The predicted molar refractivity (Wildman–Crippen MR) is 183 cm³/mol. The van der Waals surface area contributed by atoms with Gasteiger partial charge in [0, 0.05) is 5.56 Å². The van der Waals surface area contributed by atoms with E-state index in [-0.39, 0.29) is 29.2 Å². The molecule has 1 atom stereocenters. The van der Waals surface area contributed by atoms with Gasteiger partial charge in [-0.2, -0.15) is 0 Å². The highest BCUT2D eigenvalue weighted by Crippen LogP contribution is 2.43. The zero-order chi connectivity index (χ0) is 33.4. The molecule has 2 aliphatic rings. The van der Waals surface area contributed by atoms with Gasteiger partial charge in [0.25, 0.3) is 11.2 Å². The monoisotopic (exact) mass is 661 g/mol. The molecule has 0 radical (unpaired) electrons. The van der Waals surface area contributed by atoms with E-state index in [1.165, 1.54) is 42.2 Å². The van der Waals surface area contributed by atoms with Crippen LogP contribution in [0.1, 0.15) is 40.3 Å². The predicted octanol–water partition coefficient (Wildman–Crippen LogP) is 5.83. The van der Waals surface area contributed by atoms with E-state index < -0.39 is 11.0 Å². The third-order valence-electron chi connectivity index (χ3n) is 8.63. The van der Waals surface area contributed by atoms with Crippen molar-refractivity contribution >= 4 is 28.8 Å². The zero-order valence-corrected chi connectivity index (χ0v) is 27.3. The Bertz CT molecular complexity index is 2270. The molecule has 0 saturated heterocycles. The van der Waals surface area contributed by atoms with E-state index in [1.54, 1.807) is 18.8 Å². The third-order valence-corrected chi connectivity index (χ3v) is 9.61. The Balaban J connectivity index is 1.39. The lowest BCUT2D eigenvalue weighted by molar-refractivity contribution is -0.385. The van der Waals surface area contributed by atoms with Gasteiger partial charge in [-0.1, -0.05) is 72.0 Å². The van der Waals surface area contributed by atoms with Gasteiger partial charge in [0.15, 0.2) is 27.8 Å². The fraction of sp³-hybridized carbons (Fsp3) is 0.189. The molecule has 1 aliphatic heterocycles. The molecule has 48 heavy (non-hydrogen) atoms. The van der Waals surface area contributed by atoms with Gasteiger partial charge in [0.1, 0.15) is 6.61 Å². The third kappa shape index (κ3) is 5.51. The van der Waals surface area contributed by atoms with Crippen LogP contribution in [0.3, 0.4) is 0 Å². The summed E-state index contributed by atoms with van der Waals surface area (Å²) < 4.78 is 24.6. The maximum absolute atomic E-state index is 14.3. The molecule has 0 N–H and O–H groups in total. The molecule has 0 unspecified atom stereocenters. The molecule has 4 aromatic carbocycles. The van der Waals surface area contributed by atoms with Crippen molar-refractivity contribution in [2.75, 3.05) is 21.3 Å². The molecule has 0 spiro atoms. The topological polar surface area (TPSA) is 114 Å². The Morgan fingerprint density at radius 1 is 0.896 bits per heavy atom. The molecule has 242 valence electrons. The van der Waals surface area contributed by atoms with E-state index in [9.17, 15) is 14.9 Å². The lowest BCUT2D eigenvalue weighted by Gasteiger charge is -2.31. The van der Waals surface area contributed by atoms with Crippen LogP contribution in [0.5, 0.6) is 23.0 Å². The van der Waals surface area contributed by atoms with Crippen LogP contribution in [0.25, 0.3) is 11.8 Å². The van der Waals surface area contributed by atoms with E-state index in [4.69, 9.17) is 23.9 Å². The number of hydrogen-bond acceptors (Lipinski definition) is 9. The smallest absolute Gasteiger partial charge is 0.280 e. The van der Waals surface area contributed by atoms with Crippen LogP contribution >= 0.6 is 11.3 Å². The molecule has 2 heterocycles. The zero-order valence-electron chi connectivity index (χ0n) is 26.5. The number of aryl methyl sites for hydroxylation is 1. The van der Waals surface area contributed by atoms with Crippen molar-refractivity contribution in [3.8, 4) is 23.0 Å². The molecule has 1 aromatic heterocycles. The average Bonchev–Trinajstić information content (AvgIpc) is 3.43. The number of rotatable bonds is 9. The second-order valence-corrected chi connectivity index (χ2v) is 12.3. The van der Waals surface area contributed by atoms with Gasteiger partial charge in [-0.05, 0) is 59.4 Å². The van der Waals surface area contributed by atoms with Crippen LogP contribution in [0.4, 0.5) is 5.69 Å². The average molecular weight is 662 g/mol. The van der Waals surface area contributed by atoms with Crippen LogP contribution in [-0.4, -0.2) is 30.8 Å². The fourth-order valence-electron chi connectivity index (χ4n) is 6.33. The highest BCUT2D eigenvalue weighted by atomic mass is 32.1. The van der Waals surface area contributed by atoms with Crippen molar-refractivity contribution in [1.29, 1.82) is 0 Å². The van der Waals surface area contributed by atoms with Gasteiger partial charge in [-0.3, -0.25) is 19.5 Å². The van der Waals surface area contributed by atoms with E-state index in [2.05, 4.69) is 12.1 Å².